The first-order valence-corrected chi connectivity index (χ1v) is 28.2. The fourth-order valence-electron chi connectivity index (χ4n) is 11.7. The van der Waals surface area contributed by atoms with Gasteiger partial charge in [0.1, 0.15) is 30.3 Å². The summed E-state index contributed by atoms with van der Waals surface area (Å²) in [6.45, 7) is 9.80. The van der Waals surface area contributed by atoms with E-state index in [9.17, 15) is 18.9 Å². The van der Waals surface area contributed by atoms with Crippen molar-refractivity contribution < 1.29 is 23.7 Å². The van der Waals surface area contributed by atoms with Gasteiger partial charge < -0.3 is 39.5 Å². The maximum atomic E-state index is 13.7. The molecule has 4 fully saturated rings. The third-order valence-corrected chi connectivity index (χ3v) is 17.6. The Bertz CT molecular complexity index is 3160. The van der Waals surface area contributed by atoms with E-state index in [0.29, 0.717) is 74.3 Å². The van der Waals surface area contributed by atoms with E-state index < -0.39 is 13.2 Å². The number of carbonyl (C=O) groups is 3. The van der Waals surface area contributed by atoms with Gasteiger partial charge in [-0.25, -0.2) is 4.98 Å². The third-order valence-electron chi connectivity index (χ3n) is 15.4. The number of carbonyl (C=O) groups excluding carboxylic acids is 3. The summed E-state index contributed by atoms with van der Waals surface area (Å²) in [4.78, 5) is 65.6. The van der Waals surface area contributed by atoms with Crippen LogP contribution in [0.15, 0.2) is 77.9 Å². The number of nitrogens with zero attached hydrogens (tertiary/aromatic N) is 10. The highest BCUT2D eigenvalue weighted by Crippen LogP contribution is 2.46. The van der Waals surface area contributed by atoms with Crippen molar-refractivity contribution in [2.75, 3.05) is 80.1 Å². The third kappa shape index (κ3) is 9.30. The molecule has 1 unspecified atom stereocenters. The number of ether oxygens (including phenoxy) is 1. The molecule has 72 heavy (non-hydrogen) atoms. The summed E-state index contributed by atoms with van der Waals surface area (Å²) in [6, 6.07) is 14.0. The van der Waals surface area contributed by atoms with Gasteiger partial charge in [0, 0.05) is 111 Å². The van der Waals surface area contributed by atoms with E-state index >= 15 is 0 Å². The van der Waals surface area contributed by atoms with Crippen LogP contribution in [0, 0.1) is 5.41 Å². The van der Waals surface area contributed by atoms with Crippen LogP contribution in [-0.2, 0) is 27.7 Å². The first-order chi connectivity index (χ1) is 34.7. The zero-order valence-electron chi connectivity index (χ0n) is 41.0. The number of benzene rings is 3. The van der Waals surface area contributed by atoms with Crippen LogP contribution in [0.1, 0.15) is 67.3 Å². The molecule has 18 nitrogen and oxygen atoms in total. The minimum absolute atomic E-state index is 0.131. The molecule has 0 aliphatic carbocycles. The van der Waals surface area contributed by atoms with Crippen molar-refractivity contribution in [3.8, 4) is 16.9 Å². The standard InChI is InChI=1S/C52H59BrN13O5P/c1-62-29-33(27-57-62)37-25-41(59-51-56-28-38(53)48(61-51)58-40-9-8-39-46(55-18-17-54-39)47(40)72(3,4)70)44(71-2)26-43(37)64-20-12-34(13-21-64)63-22-15-52(16-23-63)14-5-19-65(31-52)35-6-7-36-32(24-35)30-66(50(36)69)42-10-11-45(67)60-49(42)68/h6-9,17-18,24-29,34,42H,5,10-16,19-23,30-31H2,1-4H3,(H,60,67,68)(H2,56,58,59,61). The maximum absolute atomic E-state index is 13.7. The second kappa shape index (κ2) is 19.2. The number of anilines is 6. The molecule has 0 saturated carbocycles. The Morgan fingerprint density at radius 3 is 2.42 bits per heavy atom. The van der Waals surface area contributed by atoms with Crippen LogP contribution in [0.3, 0.4) is 0 Å². The van der Waals surface area contributed by atoms with Gasteiger partial charge in [0.05, 0.1) is 40.0 Å². The Morgan fingerprint density at radius 1 is 0.861 bits per heavy atom. The average molecular weight is 1060 g/mol. The van der Waals surface area contributed by atoms with Crippen LogP contribution >= 0.6 is 23.1 Å². The number of rotatable bonds is 11. The van der Waals surface area contributed by atoms with Crippen molar-refractivity contribution in [2.24, 2.45) is 12.5 Å². The first-order valence-electron chi connectivity index (χ1n) is 24.8. The van der Waals surface area contributed by atoms with E-state index in [2.05, 4.69) is 90.9 Å². The Hall–Kier alpha value is -6.43. The van der Waals surface area contributed by atoms with Gasteiger partial charge >= 0.3 is 0 Å². The molecular formula is C52H59BrN13O5P. The highest BCUT2D eigenvalue weighted by molar-refractivity contribution is 9.10. The molecule has 5 aliphatic rings. The highest BCUT2D eigenvalue weighted by Gasteiger charge is 2.42. The van der Waals surface area contributed by atoms with Crippen LogP contribution in [0.5, 0.6) is 5.75 Å². The van der Waals surface area contributed by atoms with Crippen molar-refractivity contribution in [3.05, 3.63) is 89.0 Å². The summed E-state index contributed by atoms with van der Waals surface area (Å²) in [6.07, 6.45) is 16.2. The average Bonchev–Trinajstić information content (AvgIpc) is 3.96. The Balaban J connectivity index is 0.755. The summed E-state index contributed by atoms with van der Waals surface area (Å²) >= 11 is 3.62. The van der Waals surface area contributed by atoms with Crippen LogP contribution in [0.4, 0.5) is 34.5 Å². The normalized spacial score (nSPS) is 19.8. The van der Waals surface area contributed by atoms with Crippen molar-refractivity contribution in [2.45, 2.75) is 70.0 Å². The van der Waals surface area contributed by atoms with Gasteiger partial charge in [-0.1, -0.05) is 0 Å². The summed E-state index contributed by atoms with van der Waals surface area (Å²) in [7, 11) is 0.792. The summed E-state index contributed by atoms with van der Waals surface area (Å²) in [5.74, 6) is 0.689. The van der Waals surface area contributed by atoms with E-state index in [0.717, 1.165) is 99.4 Å². The number of hydrogen-bond acceptors (Lipinski definition) is 15. The molecule has 4 saturated heterocycles. The number of hydrogen-bond donors (Lipinski definition) is 3. The highest BCUT2D eigenvalue weighted by atomic mass is 79.9. The van der Waals surface area contributed by atoms with Crippen molar-refractivity contribution in [1.29, 1.82) is 0 Å². The topological polar surface area (TPSA) is 196 Å². The van der Waals surface area contributed by atoms with E-state index in [1.807, 2.05) is 42.3 Å². The monoisotopic (exact) mass is 1060 g/mol. The van der Waals surface area contributed by atoms with Crippen molar-refractivity contribution in [1.82, 2.24) is 44.8 Å². The van der Waals surface area contributed by atoms with Gasteiger partial charge in [-0.05, 0) is 135 Å². The Kier molecular flexibility index (Phi) is 12.8. The van der Waals surface area contributed by atoms with E-state index in [4.69, 9.17) is 9.72 Å². The van der Waals surface area contributed by atoms with Crippen LogP contribution in [0.25, 0.3) is 22.2 Å². The molecule has 3 aromatic heterocycles. The molecule has 1 atom stereocenters. The lowest BCUT2D eigenvalue weighted by Gasteiger charge is -2.50. The predicted octanol–water partition coefficient (Wildman–Crippen LogP) is 7.44. The number of halogens is 1. The van der Waals surface area contributed by atoms with Gasteiger partial charge in [-0.2, -0.15) is 10.1 Å². The van der Waals surface area contributed by atoms with Crippen molar-refractivity contribution >= 4 is 91.6 Å². The SMILES string of the molecule is COc1cc(N2CCC(N3CCC4(CCCN(c5ccc6c(c5)CN(C5CCC(=O)NC5=O)C6=O)C4)CC3)CC2)c(-c2cnn(C)c2)cc1Nc1ncc(Br)c(Nc2ccc3nccnc3c2P(C)(C)=O)n1. The Labute approximate surface area is 426 Å². The number of amides is 3. The number of nitrogens with one attached hydrogen (secondary N) is 3. The molecule has 374 valence electrons. The molecule has 3 aromatic carbocycles. The maximum Gasteiger partial charge on any atom is 0.255 e. The fourth-order valence-corrected chi connectivity index (χ4v) is 13.4. The van der Waals surface area contributed by atoms with Crippen LogP contribution < -0.4 is 35.8 Å². The summed E-state index contributed by atoms with van der Waals surface area (Å²) in [5, 5.41) is 14.4. The molecule has 5 aliphatic heterocycles. The zero-order chi connectivity index (χ0) is 49.9. The summed E-state index contributed by atoms with van der Waals surface area (Å²) in [5.41, 5.74) is 8.67. The largest absolute Gasteiger partial charge is 0.494 e. The minimum Gasteiger partial charge on any atom is -0.494 e. The molecule has 3 N–H and O–H groups in total. The molecule has 8 heterocycles. The Morgan fingerprint density at radius 2 is 1.67 bits per heavy atom. The number of piperidine rings is 4. The number of aromatic nitrogens is 6. The molecule has 1 spiro atoms. The van der Waals surface area contributed by atoms with Gasteiger partial charge in [-0.15, -0.1) is 0 Å². The second-order valence-corrected chi connectivity index (χ2v) is 24.4. The first kappa shape index (κ1) is 47.9. The molecule has 20 heteroatoms. The smallest absolute Gasteiger partial charge is 0.255 e. The molecule has 3 amide bonds. The van der Waals surface area contributed by atoms with Gasteiger partial charge in [0.25, 0.3) is 5.91 Å². The van der Waals surface area contributed by atoms with Gasteiger partial charge in [0.2, 0.25) is 17.8 Å². The lowest BCUT2D eigenvalue weighted by atomic mass is 9.72. The molecular weight excluding hydrogens is 998 g/mol. The zero-order valence-corrected chi connectivity index (χ0v) is 43.5. The van der Waals surface area contributed by atoms with Crippen LogP contribution in [-0.4, -0.2) is 129 Å². The molecule has 0 bridgehead atoms. The van der Waals surface area contributed by atoms with Crippen molar-refractivity contribution in [3.63, 3.8) is 0 Å². The molecule has 11 rings (SSSR count). The lowest BCUT2D eigenvalue weighted by Crippen LogP contribution is -2.53. The fraction of sp³-hybridized carbons (Fsp3) is 0.423. The van der Waals surface area contributed by atoms with E-state index in [1.54, 1.807) is 43.9 Å². The van der Waals surface area contributed by atoms with Crippen LogP contribution in [0.2, 0.25) is 0 Å². The number of imide groups is 1. The quantitative estimate of drug-likeness (QED) is 0.0855. The number of likely N-dealkylation sites (tertiary alicyclic amines) is 1. The molecule has 0 radical (unpaired) electrons. The second-order valence-electron chi connectivity index (χ2n) is 20.4. The molecule has 6 aromatic rings. The van der Waals surface area contributed by atoms with E-state index in [1.165, 1.54) is 6.42 Å². The number of aryl methyl sites for hydroxylation is 1. The lowest BCUT2D eigenvalue weighted by molar-refractivity contribution is -0.136. The predicted molar refractivity (Wildman–Crippen MR) is 283 cm³/mol. The van der Waals surface area contributed by atoms with E-state index in [-0.39, 0.29) is 29.6 Å². The van der Waals surface area contributed by atoms with Gasteiger partial charge in [0.15, 0.2) is 0 Å². The number of methoxy groups -OCH3 is 1. The summed E-state index contributed by atoms with van der Waals surface area (Å²) < 4.78 is 22.2. The minimum atomic E-state index is -2.81. The number of fused-ring (bicyclic) bond motifs is 2. The van der Waals surface area contributed by atoms with Gasteiger partial charge in [-0.3, -0.25) is 34.4 Å².